The van der Waals surface area contributed by atoms with E-state index in [4.69, 9.17) is 9.47 Å². The molecule has 1 atom stereocenters. The number of carbonyl (C=O) groups excluding carboxylic acids is 1. The maximum Gasteiger partial charge on any atom is 0.255 e. The minimum absolute atomic E-state index is 0.116. The molecule has 1 heterocycles. The van der Waals surface area contributed by atoms with Crippen LogP contribution in [-0.4, -0.2) is 39.8 Å². The van der Waals surface area contributed by atoms with Gasteiger partial charge in [-0.3, -0.25) is 4.79 Å². The van der Waals surface area contributed by atoms with Crippen molar-refractivity contribution in [3.05, 3.63) is 23.8 Å². The standard InChI is InChI=1S/C16H24N2O3/c1-20-14-7-3-6-13(15(14)21-2)16(19)18-10-8-12-5-4-9-17-11-12/h3,6-7,12,17H,4-5,8-11H2,1-2H3,(H,18,19). The molecule has 1 aliphatic rings. The van der Waals surface area contributed by atoms with E-state index >= 15 is 0 Å². The SMILES string of the molecule is COc1cccc(C(=O)NCCC2CCCNC2)c1OC. The number of methoxy groups -OCH3 is 2. The van der Waals surface area contributed by atoms with Crippen molar-refractivity contribution in [2.45, 2.75) is 19.3 Å². The molecular formula is C16H24N2O3. The Labute approximate surface area is 126 Å². The number of amides is 1. The van der Waals surface area contributed by atoms with Crippen molar-refractivity contribution < 1.29 is 14.3 Å². The van der Waals surface area contributed by atoms with E-state index in [-0.39, 0.29) is 5.91 Å². The molecule has 1 fully saturated rings. The first-order chi connectivity index (χ1) is 10.3. The van der Waals surface area contributed by atoms with Crippen molar-refractivity contribution >= 4 is 5.91 Å². The van der Waals surface area contributed by atoms with Gasteiger partial charge < -0.3 is 20.1 Å². The number of nitrogens with one attached hydrogen (secondary N) is 2. The molecule has 1 aliphatic heterocycles. The summed E-state index contributed by atoms with van der Waals surface area (Å²) in [7, 11) is 3.11. The van der Waals surface area contributed by atoms with Gasteiger partial charge in [-0.15, -0.1) is 0 Å². The van der Waals surface area contributed by atoms with Crippen LogP contribution in [0, 0.1) is 5.92 Å². The Morgan fingerprint density at radius 1 is 1.38 bits per heavy atom. The molecule has 1 aromatic carbocycles. The lowest BCUT2D eigenvalue weighted by molar-refractivity contribution is 0.0947. The minimum Gasteiger partial charge on any atom is -0.493 e. The molecule has 0 aliphatic carbocycles. The summed E-state index contributed by atoms with van der Waals surface area (Å²) in [6.07, 6.45) is 3.47. The molecule has 2 N–H and O–H groups in total. The maximum atomic E-state index is 12.3. The number of ether oxygens (including phenoxy) is 2. The van der Waals surface area contributed by atoms with Crippen molar-refractivity contribution in [2.24, 2.45) is 5.92 Å². The van der Waals surface area contributed by atoms with Crippen LogP contribution in [0.3, 0.4) is 0 Å². The quantitative estimate of drug-likeness (QED) is 0.840. The van der Waals surface area contributed by atoms with E-state index in [1.165, 1.54) is 12.8 Å². The van der Waals surface area contributed by atoms with E-state index in [0.717, 1.165) is 19.5 Å². The number of carbonyl (C=O) groups is 1. The van der Waals surface area contributed by atoms with Gasteiger partial charge in [0.2, 0.25) is 0 Å². The monoisotopic (exact) mass is 292 g/mol. The van der Waals surface area contributed by atoms with Crippen molar-refractivity contribution in [2.75, 3.05) is 33.9 Å². The number of hydrogen-bond acceptors (Lipinski definition) is 4. The molecule has 1 unspecified atom stereocenters. The zero-order valence-electron chi connectivity index (χ0n) is 12.8. The smallest absolute Gasteiger partial charge is 0.255 e. The average Bonchev–Trinajstić information content (AvgIpc) is 2.54. The number of rotatable bonds is 6. The van der Waals surface area contributed by atoms with E-state index in [2.05, 4.69) is 10.6 Å². The van der Waals surface area contributed by atoms with Gasteiger partial charge in [-0.25, -0.2) is 0 Å². The van der Waals surface area contributed by atoms with E-state index < -0.39 is 0 Å². The molecule has 1 aromatic rings. The Kier molecular flexibility index (Phi) is 5.87. The van der Waals surface area contributed by atoms with Crippen LogP contribution in [0.1, 0.15) is 29.6 Å². The number of benzene rings is 1. The highest BCUT2D eigenvalue weighted by molar-refractivity contribution is 5.97. The number of para-hydroxylation sites is 1. The third kappa shape index (κ3) is 4.11. The summed E-state index contributed by atoms with van der Waals surface area (Å²) in [4.78, 5) is 12.3. The zero-order valence-corrected chi connectivity index (χ0v) is 12.8. The molecule has 0 aromatic heterocycles. The summed E-state index contributed by atoms with van der Waals surface area (Å²) < 4.78 is 10.5. The predicted molar refractivity (Wildman–Crippen MR) is 82.1 cm³/mol. The second kappa shape index (κ2) is 7.88. The Morgan fingerprint density at radius 2 is 2.24 bits per heavy atom. The molecule has 21 heavy (non-hydrogen) atoms. The van der Waals surface area contributed by atoms with Crippen LogP contribution < -0.4 is 20.1 Å². The molecule has 5 heteroatoms. The lowest BCUT2D eigenvalue weighted by atomic mass is 9.96. The normalized spacial score (nSPS) is 18.1. The highest BCUT2D eigenvalue weighted by Crippen LogP contribution is 2.30. The van der Waals surface area contributed by atoms with E-state index in [0.29, 0.717) is 29.5 Å². The Morgan fingerprint density at radius 3 is 2.90 bits per heavy atom. The molecule has 1 amide bonds. The molecule has 5 nitrogen and oxygen atoms in total. The molecule has 0 bridgehead atoms. The summed E-state index contributed by atoms with van der Waals surface area (Å²) in [6.45, 7) is 2.85. The summed E-state index contributed by atoms with van der Waals surface area (Å²) in [5.74, 6) is 1.60. The highest BCUT2D eigenvalue weighted by atomic mass is 16.5. The van der Waals surface area contributed by atoms with Gasteiger partial charge in [-0.05, 0) is 50.4 Å². The lowest BCUT2D eigenvalue weighted by Gasteiger charge is -2.22. The number of hydrogen-bond donors (Lipinski definition) is 2. The minimum atomic E-state index is -0.116. The van der Waals surface area contributed by atoms with E-state index in [9.17, 15) is 4.79 Å². The van der Waals surface area contributed by atoms with Crippen molar-refractivity contribution in [1.82, 2.24) is 10.6 Å². The summed E-state index contributed by atoms with van der Waals surface area (Å²) in [6, 6.07) is 5.32. The largest absolute Gasteiger partial charge is 0.493 e. The third-order valence-corrected chi connectivity index (χ3v) is 3.88. The number of piperidine rings is 1. The second-order valence-electron chi connectivity index (χ2n) is 5.30. The van der Waals surface area contributed by atoms with Crippen molar-refractivity contribution in [3.63, 3.8) is 0 Å². The van der Waals surface area contributed by atoms with Gasteiger partial charge in [-0.1, -0.05) is 6.07 Å². The molecule has 2 rings (SSSR count). The summed E-state index contributed by atoms with van der Waals surface area (Å²) >= 11 is 0. The fourth-order valence-electron chi connectivity index (χ4n) is 2.72. The van der Waals surface area contributed by atoms with Crippen LogP contribution in [0.4, 0.5) is 0 Å². The molecule has 0 saturated carbocycles. The Hall–Kier alpha value is -1.75. The van der Waals surface area contributed by atoms with Gasteiger partial charge in [0, 0.05) is 6.54 Å². The highest BCUT2D eigenvalue weighted by Gasteiger charge is 2.17. The Bertz CT molecular complexity index is 471. The molecule has 0 spiro atoms. The van der Waals surface area contributed by atoms with Gasteiger partial charge in [0.1, 0.15) is 0 Å². The Balaban J connectivity index is 1.90. The second-order valence-corrected chi connectivity index (χ2v) is 5.30. The molecule has 1 saturated heterocycles. The summed E-state index contributed by atoms with van der Waals surface area (Å²) in [5.41, 5.74) is 0.513. The third-order valence-electron chi connectivity index (χ3n) is 3.88. The summed E-state index contributed by atoms with van der Waals surface area (Å²) in [5, 5.41) is 6.36. The maximum absolute atomic E-state index is 12.3. The molecular weight excluding hydrogens is 268 g/mol. The van der Waals surface area contributed by atoms with Gasteiger partial charge >= 0.3 is 0 Å². The molecule has 116 valence electrons. The van der Waals surface area contributed by atoms with Gasteiger partial charge in [0.25, 0.3) is 5.91 Å². The first kappa shape index (κ1) is 15.6. The van der Waals surface area contributed by atoms with Gasteiger partial charge in [0.15, 0.2) is 11.5 Å². The zero-order chi connectivity index (χ0) is 15.1. The van der Waals surface area contributed by atoms with Crippen molar-refractivity contribution in [1.29, 1.82) is 0 Å². The van der Waals surface area contributed by atoms with Crippen LogP contribution in [-0.2, 0) is 0 Å². The van der Waals surface area contributed by atoms with Crippen LogP contribution in [0.5, 0.6) is 11.5 Å². The topological polar surface area (TPSA) is 59.6 Å². The first-order valence-electron chi connectivity index (χ1n) is 7.46. The predicted octanol–water partition coefficient (Wildman–Crippen LogP) is 1.82. The lowest BCUT2D eigenvalue weighted by Crippen LogP contribution is -2.33. The van der Waals surface area contributed by atoms with Crippen LogP contribution in [0.25, 0.3) is 0 Å². The van der Waals surface area contributed by atoms with Gasteiger partial charge in [-0.2, -0.15) is 0 Å². The first-order valence-corrected chi connectivity index (χ1v) is 7.46. The van der Waals surface area contributed by atoms with Crippen LogP contribution in [0.2, 0.25) is 0 Å². The van der Waals surface area contributed by atoms with Crippen LogP contribution in [0.15, 0.2) is 18.2 Å². The van der Waals surface area contributed by atoms with E-state index in [1.54, 1.807) is 32.4 Å². The fraction of sp³-hybridized carbons (Fsp3) is 0.562. The molecule has 0 radical (unpaired) electrons. The van der Waals surface area contributed by atoms with Crippen molar-refractivity contribution in [3.8, 4) is 11.5 Å². The van der Waals surface area contributed by atoms with Gasteiger partial charge in [0.05, 0.1) is 19.8 Å². The van der Waals surface area contributed by atoms with Crippen LogP contribution >= 0.6 is 0 Å². The van der Waals surface area contributed by atoms with E-state index in [1.807, 2.05) is 0 Å². The fourth-order valence-corrected chi connectivity index (χ4v) is 2.72. The average molecular weight is 292 g/mol.